The highest BCUT2D eigenvalue weighted by Gasteiger charge is 2.31. The van der Waals surface area contributed by atoms with Crippen LogP contribution in [-0.2, 0) is 0 Å². The number of hydrogen-bond donors (Lipinski definition) is 3. The molecule has 1 fully saturated rings. The molecule has 18 heavy (non-hydrogen) atoms. The van der Waals surface area contributed by atoms with Gasteiger partial charge in [0.1, 0.15) is 0 Å². The normalized spacial score (nSPS) is 18.6. The Labute approximate surface area is 106 Å². The first-order valence-electron chi connectivity index (χ1n) is 6.28. The maximum Gasteiger partial charge on any atom is 0.222 e. The number of nitrogens with zero attached hydrogens (tertiary/aromatic N) is 2. The van der Waals surface area contributed by atoms with Gasteiger partial charge in [0.05, 0.1) is 12.8 Å². The number of aromatic nitrogens is 2. The third kappa shape index (κ3) is 2.87. The first-order valence-corrected chi connectivity index (χ1v) is 6.28. The van der Waals surface area contributed by atoms with E-state index >= 15 is 0 Å². The van der Waals surface area contributed by atoms with Crippen LogP contribution in [0.4, 0.5) is 16.2 Å². The lowest BCUT2D eigenvalue weighted by molar-refractivity contribution is 0.0942. The van der Waals surface area contributed by atoms with Gasteiger partial charge in [-0.25, -0.2) is 9.37 Å². The van der Waals surface area contributed by atoms with Crippen LogP contribution in [0, 0.1) is 11.2 Å². The molecule has 0 aromatic carbocycles. The second kappa shape index (κ2) is 5.48. The summed E-state index contributed by atoms with van der Waals surface area (Å²) in [5.41, 5.74) is 5.26. The van der Waals surface area contributed by atoms with E-state index in [1.165, 1.54) is 6.42 Å². The van der Waals surface area contributed by atoms with Gasteiger partial charge in [0.25, 0.3) is 0 Å². The van der Waals surface area contributed by atoms with Crippen molar-refractivity contribution in [3.05, 3.63) is 12.0 Å². The van der Waals surface area contributed by atoms with Crippen LogP contribution in [0.3, 0.4) is 0 Å². The number of nitrogens with two attached hydrogens (primary N) is 1. The molecule has 0 aliphatic heterocycles. The van der Waals surface area contributed by atoms with Crippen molar-refractivity contribution >= 4 is 11.8 Å². The van der Waals surface area contributed by atoms with Crippen LogP contribution in [0.15, 0.2) is 6.20 Å². The summed E-state index contributed by atoms with van der Waals surface area (Å²) >= 11 is 0. The van der Waals surface area contributed by atoms with Crippen LogP contribution in [0.2, 0.25) is 0 Å². The maximum atomic E-state index is 13.4. The zero-order valence-electron chi connectivity index (χ0n) is 10.3. The van der Waals surface area contributed by atoms with E-state index in [9.17, 15) is 9.50 Å². The lowest BCUT2D eigenvalue weighted by atomic mass is 9.74. The van der Waals surface area contributed by atoms with Crippen molar-refractivity contribution in [2.75, 3.05) is 24.2 Å². The molecule has 1 saturated carbocycles. The third-order valence-corrected chi connectivity index (χ3v) is 3.64. The molecule has 1 aromatic rings. The van der Waals surface area contributed by atoms with Gasteiger partial charge >= 0.3 is 0 Å². The number of nitrogen functional groups attached to an aromatic ring is 1. The van der Waals surface area contributed by atoms with Gasteiger partial charge in [0, 0.05) is 12.0 Å². The molecule has 0 unspecified atom stereocenters. The van der Waals surface area contributed by atoms with E-state index in [0.717, 1.165) is 31.9 Å². The summed E-state index contributed by atoms with van der Waals surface area (Å²) in [6, 6.07) is 0. The van der Waals surface area contributed by atoms with Crippen molar-refractivity contribution in [3.63, 3.8) is 0 Å². The highest BCUT2D eigenvalue weighted by Crippen LogP contribution is 2.36. The molecule has 0 saturated heterocycles. The summed E-state index contributed by atoms with van der Waals surface area (Å²) in [4.78, 5) is 7.40. The summed E-state index contributed by atoms with van der Waals surface area (Å²) in [5.74, 6) is -0.366. The van der Waals surface area contributed by atoms with E-state index in [0.29, 0.717) is 6.54 Å². The van der Waals surface area contributed by atoms with Crippen LogP contribution in [0.25, 0.3) is 0 Å². The number of anilines is 2. The topological polar surface area (TPSA) is 84.1 Å². The highest BCUT2D eigenvalue weighted by atomic mass is 19.1. The van der Waals surface area contributed by atoms with Gasteiger partial charge in [-0.05, 0) is 12.8 Å². The standard InChI is InChI=1S/C12H19FN4O/c13-9-6-15-11(14)17-10(9)16-7-12(8-18)4-2-1-3-5-12/h6,18H,1-5,7-8H2,(H3,14,15,16,17). The molecule has 1 aliphatic carbocycles. The average Bonchev–Trinajstić information content (AvgIpc) is 2.41. The van der Waals surface area contributed by atoms with E-state index in [1.54, 1.807) is 0 Å². The Hall–Kier alpha value is -1.43. The first-order chi connectivity index (χ1) is 8.65. The average molecular weight is 254 g/mol. The van der Waals surface area contributed by atoms with Crippen molar-refractivity contribution in [2.45, 2.75) is 32.1 Å². The van der Waals surface area contributed by atoms with Crippen LogP contribution >= 0.6 is 0 Å². The second-order valence-corrected chi connectivity index (χ2v) is 5.00. The van der Waals surface area contributed by atoms with Gasteiger partial charge < -0.3 is 16.2 Å². The van der Waals surface area contributed by atoms with Crippen molar-refractivity contribution in [2.24, 2.45) is 5.41 Å². The minimum atomic E-state index is -0.520. The molecule has 6 heteroatoms. The zero-order valence-corrected chi connectivity index (χ0v) is 10.3. The molecule has 5 nitrogen and oxygen atoms in total. The minimum absolute atomic E-state index is 0.0422. The van der Waals surface area contributed by atoms with Crippen LogP contribution in [0.5, 0.6) is 0 Å². The van der Waals surface area contributed by atoms with Crippen molar-refractivity contribution in [1.29, 1.82) is 0 Å². The van der Waals surface area contributed by atoms with Gasteiger partial charge in [-0.15, -0.1) is 0 Å². The van der Waals surface area contributed by atoms with E-state index in [4.69, 9.17) is 5.73 Å². The maximum absolute atomic E-state index is 13.4. The summed E-state index contributed by atoms with van der Waals surface area (Å²) in [6.45, 7) is 0.624. The summed E-state index contributed by atoms with van der Waals surface area (Å²) in [6.07, 6.45) is 6.39. The molecule has 1 heterocycles. The molecule has 4 N–H and O–H groups in total. The van der Waals surface area contributed by atoms with Gasteiger partial charge in [0.15, 0.2) is 11.6 Å². The quantitative estimate of drug-likeness (QED) is 0.759. The van der Waals surface area contributed by atoms with Crippen molar-refractivity contribution in [1.82, 2.24) is 9.97 Å². The Morgan fingerprint density at radius 2 is 2.11 bits per heavy atom. The Kier molecular flexibility index (Phi) is 3.96. The molecule has 0 atom stereocenters. The lowest BCUT2D eigenvalue weighted by Gasteiger charge is -2.35. The molecule has 0 radical (unpaired) electrons. The largest absolute Gasteiger partial charge is 0.396 e. The van der Waals surface area contributed by atoms with E-state index in [2.05, 4.69) is 15.3 Å². The number of hydrogen-bond acceptors (Lipinski definition) is 5. The number of aliphatic hydroxyl groups is 1. The SMILES string of the molecule is Nc1ncc(F)c(NCC2(CO)CCCCC2)n1. The van der Waals surface area contributed by atoms with Gasteiger partial charge in [-0.3, -0.25) is 0 Å². The molecule has 0 amide bonds. The van der Waals surface area contributed by atoms with E-state index < -0.39 is 5.82 Å². The van der Waals surface area contributed by atoms with Crippen molar-refractivity contribution < 1.29 is 9.50 Å². The summed E-state index contributed by atoms with van der Waals surface area (Å²) in [5, 5.41) is 12.5. The number of nitrogens with one attached hydrogen (secondary N) is 1. The molecule has 2 rings (SSSR count). The fraction of sp³-hybridized carbons (Fsp3) is 0.667. The fourth-order valence-electron chi connectivity index (χ4n) is 2.47. The lowest BCUT2D eigenvalue weighted by Crippen LogP contribution is -2.36. The Bertz CT molecular complexity index is 407. The number of rotatable bonds is 4. The highest BCUT2D eigenvalue weighted by molar-refractivity contribution is 5.39. The minimum Gasteiger partial charge on any atom is -0.396 e. The Morgan fingerprint density at radius 3 is 2.78 bits per heavy atom. The number of halogens is 1. The van der Waals surface area contributed by atoms with Gasteiger partial charge in [-0.1, -0.05) is 19.3 Å². The summed E-state index contributed by atoms with van der Waals surface area (Å²) in [7, 11) is 0. The summed E-state index contributed by atoms with van der Waals surface area (Å²) < 4.78 is 13.4. The molecule has 100 valence electrons. The van der Waals surface area contributed by atoms with Crippen LogP contribution in [0.1, 0.15) is 32.1 Å². The Morgan fingerprint density at radius 1 is 1.39 bits per heavy atom. The predicted octanol–water partition coefficient (Wildman–Crippen LogP) is 1.55. The first kappa shape index (κ1) is 13.0. The zero-order chi connectivity index (χ0) is 13.0. The smallest absolute Gasteiger partial charge is 0.222 e. The third-order valence-electron chi connectivity index (χ3n) is 3.64. The predicted molar refractivity (Wildman–Crippen MR) is 67.5 cm³/mol. The van der Waals surface area contributed by atoms with Gasteiger partial charge in [0.2, 0.25) is 5.95 Å². The molecular weight excluding hydrogens is 235 g/mol. The molecule has 1 aliphatic rings. The van der Waals surface area contributed by atoms with Crippen LogP contribution < -0.4 is 11.1 Å². The van der Waals surface area contributed by atoms with Crippen LogP contribution in [-0.4, -0.2) is 28.2 Å². The monoisotopic (exact) mass is 254 g/mol. The molecular formula is C12H19FN4O. The van der Waals surface area contributed by atoms with Crippen molar-refractivity contribution in [3.8, 4) is 0 Å². The number of aliphatic hydroxyl groups excluding tert-OH is 1. The van der Waals surface area contributed by atoms with E-state index in [-0.39, 0.29) is 23.8 Å². The Balaban J connectivity index is 2.03. The molecule has 0 spiro atoms. The molecule has 0 bridgehead atoms. The second-order valence-electron chi connectivity index (χ2n) is 5.00. The van der Waals surface area contributed by atoms with Gasteiger partial charge in [-0.2, -0.15) is 4.98 Å². The van der Waals surface area contributed by atoms with E-state index in [1.807, 2.05) is 0 Å². The molecule has 1 aromatic heterocycles. The fourth-order valence-corrected chi connectivity index (χ4v) is 2.47.